The van der Waals surface area contributed by atoms with Gasteiger partial charge in [0.1, 0.15) is 0 Å². The highest BCUT2D eigenvalue weighted by Gasteiger charge is 2.12. The van der Waals surface area contributed by atoms with E-state index in [0.717, 1.165) is 6.08 Å². The first-order valence-electron chi connectivity index (χ1n) is 5.95. The van der Waals surface area contributed by atoms with E-state index in [2.05, 4.69) is 4.72 Å². The fourth-order valence-corrected chi connectivity index (χ4v) is 2.51. The molecule has 0 aliphatic carbocycles. The molecule has 0 spiro atoms. The second kappa shape index (κ2) is 7.78. The van der Waals surface area contributed by atoms with Crippen LogP contribution in [0.25, 0.3) is 6.08 Å². The minimum atomic E-state index is -3.53. The molecule has 7 heteroatoms. The first kappa shape index (κ1) is 16.4. The molecule has 0 aliphatic heterocycles. The van der Waals surface area contributed by atoms with Crippen LogP contribution in [0, 0.1) is 0 Å². The van der Waals surface area contributed by atoms with E-state index in [1.54, 1.807) is 19.2 Å². The van der Waals surface area contributed by atoms with Gasteiger partial charge in [0.15, 0.2) is 0 Å². The molecule has 0 saturated heterocycles. The summed E-state index contributed by atoms with van der Waals surface area (Å²) in [7, 11) is -1.98. The Morgan fingerprint density at radius 3 is 2.55 bits per heavy atom. The number of carbonyl (C=O) groups is 1. The molecule has 1 aromatic carbocycles. The molecule has 0 atom stereocenters. The third kappa shape index (κ3) is 5.52. The average molecular weight is 299 g/mol. The van der Waals surface area contributed by atoms with E-state index in [1.807, 2.05) is 0 Å². The SMILES string of the molecule is COCCCNS(=O)(=O)c1ccc(/C=C/C(=O)O)cc1. The quantitative estimate of drug-likeness (QED) is 0.554. The summed E-state index contributed by atoms with van der Waals surface area (Å²) in [4.78, 5) is 10.5. The Bertz CT molecular complexity index is 563. The number of carboxylic acids is 1. The molecule has 0 amide bonds. The summed E-state index contributed by atoms with van der Waals surface area (Å²) in [5.74, 6) is -1.05. The van der Waals surface area contributed by atoms with Crippen molar-refractivity contribution in [1.29, 1.82) is 0 Å². The number of hydrogen-bond donors (Lipinski definition) is 2. The number of rotatable bonds is 8. The summed E-state index contributed by atoms with van der Waals surface area (Å²) in [5.41, 5.74) is 0.616. The Morgan fingerprint density at radius 1 is 1.35 bits per heavy atom. The molecule has 0 aliphatic rings. The van der Waals surface area contributed by atoms with Crippen molar-refractivity contribution in [2.45, 2.75) is 11.3 Å². The maximum atomic E-state index is 11.9. The zero-order valence-electron chi connectivity index (χ0n) is 11.1. The summed E-state index contributed by atoms with van der Waals surface area (Å²) < 4.78 is 31.1. The predicted octanol–water partition coefficient (Wildman–Crippen LogP) is 1.10. The Balaban J connectivity index is 2.69. The van der Waals surface area contributed by atoms with E-state index in [4.69, 9.17) is 9.84 Å². The number of benzene rings is 1. The Hall–Kier alpha value is -1.70. The molecule has 20 heavy (non-hydrogen) atoms. The van der Waals surface area contributed by atoms with Gasteiger partial charge in [-0.2, -0.15) is 0 Å². The zero-order chi connectivity index (χ0) is 15.0. The Kier molecular flexibility index (Phi) is 6.37. The predicted molar refractivity (Wildman–Crippen MR) is 74.8 cm³/mol. The maximum absolute atomic E-state index is 11.9. The van der Waals surface area contributed by atoms with E-state index in [9.17, 15) is 13.2 Å². The molecular weight excluding hydrogens is 282 g/mol. The van der Waals surface area contributed by atoms with Crippen molar-refractivity contribution in [1.82, 2.24) is 4.72 Å². The van der Waals surface area contributed by atoms with E-state index in [-0.39, 0.29) is 4.90 Å². The molecule has 0 saturated carbocycles. The lowest BCUT2D eigenvalue weighted by Gasteiger charge is -2.06. The summed E-state index contributed by atoms with van der Waals surface area (Å²) in [5, 5.41) is 8.50. The van der Waals surface area contributed by atoms with Gasteiger partial charge in [0.25, 0.3) is 0 Å². The van der Waals surface area contributed by atoms with Gasteiger partial charge in [-0.25, -0.2) is 17.9 Å². The van der Waals surface area contributed by atoms with E-state index in [0.29, 0.717) is 25.1 Å². The van der Waals surface area contributed by atoms with Gasteiger partial charge in [-0.3, -0.25) is 0 Å². The summed E-state index contributed by atoms with van der Waals surface area (Å²) in [6.07, 6.45) is 2.98. The molecule has 6 nitrogen and oxygen atoms in total. The van der Waals surface area contributed by atoms with Crippen molar-refractivity contribution in [3.63, 3.8) is 0 Å². The van der Waals surface area contributed by atoms with Gasteiger partial charge < -0.3 is 9.84 Å². The lowest BCUT2D eigenvalue weighted by atomic mass is 10.2. The van der Waals surface area contributed by atoms with Gasteiger partial charge in [-0.15, -0.1) is 0 Å². The van der Waals surface area contributed by atoms with Crippen molar-refractivity contribution in [3.05, 3.63) is 35.9 Å². The zero-order valence-corrected chi connectivity index (χ0v) is 11.9. The first-order valence-corrected chi connectivity index (χ1v) is 7.44. The molecule has 1 rings (SSSR count). The van der Waals surface area contributed by atoms with Crippen LogP contribution in [-0.2, 0) is 19.6 Å². The van der Waals surface area contributed by atoms with Crippen LogP contribution in [0.2, 0.25) is 0 Å². The van der Waals surface area contributed by atoms with Gasteiger partial charge in [-0.1, -0.05) is 12.1 Å². The normalized spacial score (nSPS) is 11.8. The molecule has 0 radical (unpaired) electrons. The Labute approximate surface area is 118 Å². The van der Waals surface area contributed by atoms with Gasteiger partial charge in [0.2, 0.25) is 10.0 Å². The largest absolute Gasteiger partial charge is 0.478 e. The summed E-state index contributed by atoms with van der Waals surface area (Å²) >= 11 is 0. The minimum absolute atomic E-state index is 0.141. The van der Waals surface area contributed by atoms with Crippen LogP contribution < -0.4 is 4.72 Å². The third-order valence-electron chi connectivity index (χ3n) is 2.43. The number of sulfonamides is 1. The second-order valence-electron chi connectivity index (χ2n) is 3.98. The van der Waals surface area contributed by atoms with Gasteiger partial charge in [0, 0.05) is 26.3 Å². The monoisotopic (exact) mass is 299 g/mol. The number of methoxy groups -OCH3 is 1. The molecule has 2 N–H and O–H groups in total. The van der Waals surface area contributed by atoms with Gasteiger partial charge >= 0.3 is 5.97 Å². The second-order valence-corrected chi connectivity index (χ2v) is 5.75. The highest BCUT2D eigenvalue weighted by atomic mass is 32.2. The fourth-order valence-electron chi connectivity index (χ4n) is 1.43. The Morgan fingerprint density at radius 2 is 2.00 bits per heavy atom. The highest BCUT2D eigenvalue weighted by molar-refractivity contribution is 7.89. The third-order valence-corrected chi connectivity index (χ3v) is 3.90. The number of carboxylic acid groups (broad SMARTS) is 1. The van der Waals surface area contributed by atoms with Gasteiger partial charge in [-0.05, 0) is 30.2 Å². The molecule has 0 fully saturated rings. The van der Waals surface area contributed by atoms with Crippen LogP contribution in [0.4, 0.5) is 0 Å². The minimum Gasteiger partial charge on any atom is -0.478 e. The van der Waals surface area contributed by atoms with Crippen molar-refractivity contribution >= 4 is 22.1 Å². The van der Waals surface area contributed by atoms with E-state index >= 15 is 0 Å². The number of hydrogen-bond acceptors (Lipinski definition) is 4. The van der Waals surface area contributed by atoms with Crippen LogP contribution in [0.1, 0.15) is 12.0 Å². The molecule has 0 bridgehead atoms. The summed E-state index contributed by atoms with van der Waals surface area (Å²) in [6.45, 7) is 0.790. The molecular formula is C13H17NO5S. The number of aliphatic carboxylic acids is 1. The van der Waals surface area contributed by atoms with Crippen LogP contribution in [0.3, 0.4) is 0 Å². The van der Waals surface area contributed by atoms with Crippen molar-refractivity contribution in [2.24, 2.45) is 0 Å². The van der Waals surface area contributed by atoms with E-state index in [1.165, 1.54) is 18.2 Å². The van der Waals surface area contributed by atoms with Crippen molar-refractivity contribution in [2.75, 3.05) is 20.3 Å². The maximum Gasteiger partial charge on any atom is 0.328 e. The van der Waals surface area contributed by atoms with Crippen LogP contribution in [0.15, 0.2) is 35.2 Å². The van der Waals surface area contributed by atoms with Crippen LogP contribution in [0.5, 0.6) is 0 Å². The van der Waals surface area contributed by atoms with Crippen molar-refractivity contribution < 1.29 is 23.1 Å². The smallest absolute Gasteiger partial charge is 0.328 e. The lowest BCUT2D eigenvalue weighted by molar-refractivity contribution is -0.131. The fraction of sp³-hybridized carbons (Fsp3) is 0.308. The lowest BCUT2D eigenvalue weighted by Crippen LogP contribution is -2.25. The van der Waals surface area contributed by atoms with Crippen LogP contribution >= 0.6 is 0 Å². The topological polar surface area (TPSA) is 92.7 Å². The number of nitrogens with one attached hydrogen (secondary N) is 1. The molecule has 0 heterocycles. The molecule has 0 aromatic heterocycles. The molecule has 0 unspecified atom stereocenters. The molecule has 110 valence electrons. The first-order chi connectivity index (χ1) is 9.45. The number of ether oxygens (including phenoxy) is 1. The highest BCUT2D eigenvalue weighted by Crippen LogP contribution is 2.11. The van der Waals surface area contributed by atoms with Gasteiger partial charge in [0.05, 0.1) is 4.90 Å². The van der Waals surface area contributed by atoms with E-state index < -0.39 is 16.0 Å². The standard InChI is InChI=1S/C13H17NO5S/c1-19-10-2-9-14-20(17,18)12-6-3-11(4-7-12)5-8-13(15)16/h3-8,14H,2,9-10H2,1H3,(H,15,16)/b8-5+. The summed E-state index contributed by atoms with van der Waals surface area (Å²) in [6, 6.07) is 5.95. The molecule has 1 aromatic rings. The van der Waals surface area contributed by atoms with Crippen LogP contribution in [-0.4, -0.2) is 39.8 Å². The average Bonchev–Trinajstić information content (AvgIpc) is 2.42. The van der Waals surface area contributed by atoms with Crippen molar-refractivity contribution in [3.8, 4) is 0 Å².